The van der Waals surface area contributed by atoms with Crippen LogP contribution in [0.1, 0.15) is 22.8 Å². The lowest BCUT2D eigenvalue weighted by atomic mass is 10.1. The molecule has 1 N–H and O–H groups in total. The molecule has 1 aromatic carbocycles. The standard InChI is InChI=1S/C14H19N3O2.ClH/c1-10-4-5-11(2)12(8-10)18-9-14-16-13(17-19-14)6-7-15-3;/h4-5,8,15H,6-7,9H2,1-3H3;1H. The zero-order chi connectivity index (χ0) is 13.7. The molecular formula is C14H20ClN3O2. The first kappa shape index (κ1) is 16.5. The van der Waals surface area contributed by atoms with Crippen LogP contribution in [-0.2, 0) is 13.0 Å². The average Bonchev–Trinajstić information content (AvgIpc) is 2.85. The van der Waals surface area contributed by atoms with Gasteiger partial charge >= 0.3 is 0 Å². The smallest absolute Gasteiger partial charge is 0.264 e. The Morgan fingerprint density at radius 1 is 1.30 bits per heavy atom. The molecule has 0 aliphatic heterocycles. The lowest BCUT2D eigenvalue weighted by Gasteiger charge is -2.07. The van der Waals surface area contributed by atoms with Crippen molar-refractivity contribution in [3.8, 4) is 5.75 Å². The minimum Gasteiger partial charge on any atom is -0.483 e. The number of rotatable bonds is 6. The maximum absolute atomic E-state index is 5.71. The van der Waals surface area contributed by atoms with E-state index < -0.39 is 0 Å². The number of aryl methyl sites for hydroxylation is 2. The van der Waals surface area contributed by atoms with Crippen molar-refractivity contribution >= 4 is 12.4 Å². The van der Waals surface area contributed by atoms with Crippen LogP contribution in [0.2, 0.25) is 0 Å². The van der Waals surface area contributed by atoms with Gasteiger partial charge in [-0.1, -0.05) is 17.3 Å². The SMILES string of the molecule is CNCCc1noc(COc2cc(C)ccc2C)n1.Cl. The highest BCUT2D eigenvalue weighted by Gasteiger charge is 2.07. The van der Waals surface area contributed by atoms with Gasteiger partial charge in [-0.25, -0.2) is 0 Å². The summed E-state index contributed by atoms with van der Waals surface area (Å²) >= 11 is 0. The molecule has 5 nitrogen and oxygen atoms in total. The van der Waals surface area contributed by atoms with Crippen molar-refractivity contribution in [1.29, 1.82) is 0 Å². The normalized spacial score (nSPS) is 10.2. The van der Waals surface area contributed by atoms with Crippen molar-refractivity contribution in [2.75, 3.05) is 13.6 Å². The molecule has 110 valence electrons. The molecule has 0 saturated carbocycles. The topological polar surface area (TPSA) is 60.2 Å². The molecule has 0 spiro atoms. The summed E-state index contributed by atoms with van der Waals surface area (Å²) in [5.41, 5.74) is 2.27. The Labute approximate surface area is 125 Å². The van der Waals surface area contributed by atoms with E-state index in [1.54, 1.807) is 0 Å². The van der Waals surface area contributed by atoms with Crippen LogP contribution in [0.4, 0.5) is 0 Å². The monoisotopic (exact) mass is 297 g/mol. The van der Waals surface area contributed by atoms with Crippen LogP contribution in [0.15, 0.2) is 22.7 Å². The quantitative estimate of drug-likeness (QED) is 0.887. The molecule has 0 radical (unpaired) electrons. The number of nitrogens with zero attached hydrogens (tertiary/aromatic N) is 2. The Bertz CT molecular complexity index is 543. The Balaban J connectivity index is 0.00000200. The second-order valence-corrected chi connectivity index (χ2v) is 4.52. The minimum atomic E-state index is 0. The van der Waals surface area contributed by atoms with Crippen LogP contribution >= 0.6 is 12.4 Å². The fraction of sp³-hybridized carbons (Fsp3) is 0.429. The Morgan fingerprint density at radius 3 is 2.85 bits per heavy atom. The number of aromatic nitrogens is 2. The molecule has 0 aliphatic carbocycles. The predicted molar refractivity (Wildman–Crippen MR) is 79.4 cm³/mol. The van der Waals surface area contributed by atoms with Crippen molar-refractivity contribution in [2.45, 2.75) is 26.9 Å². The molecule has 0 bridgehead atoms. The fourth-order valence-corrected chi connectivity index (χ4v) is 1.69. The van der Waals surface area contributed by atoms with E-state index in [4.69, 9.17) is 9.26 Å². The summed E-state index contributed by atoms with van der Waals surface area (Å²) in [7, 11) is 1.89. The first-order valence-electron chi connectivity index (χ1n) is 6.35. The second-order valence-electron chi connectivity index (χ2n) is 4.52. The molecule has 0 fully saturated rings. The minimum absolute atomic E-state index is 0. The average molecular weight is 298 g/mol. The van der Waals surface area contributed by atoms with E-state index in [1.165, 1.54) is 5.56 Å². The highest BCUT2D eigenvalue weighted by molar-refractivity contribution is 5.85. The van der Waals surface area contributed by atoms with Crippen LogP contribution < -0.4 is 10.1 Å². The molecule has 0 atom stereocenters. The molecule has 0 unspecified atom stereocenters. The number of nitrogens with one attached hydrogen (secondary N) is 1. The van der Waals surface area contributed by atoms with E-state index in [2.05, 4.69) is 21.5 Å². The van der Waals surface area contributed by atoms with Crippen LogP contribution in [0.25, 0.3) is 0 Å². The number of hydrogen-bond acceptors (Lipinski definition) is 5. The highest BCUT2D eigenvalue weighted by Crippen LogP contribution is 2.20. The molecular weight excluding hydrogens is 278 g/mol. The van der Waals surface area contributed by atoms with Crippen LogP contribution in [0, 0.1) is 13.8 Å². The number of hydrogen-bond donors (Lipinski definition) is 1. The van der Waals surface area contributed by atoms with Gasteiger partial charge in [0.1, 0.15) is 5.75 Å². The fourth-order valence-electron chi connectivity index (χ4n) is 1.69. The zero-order valence-electron chi connectivity index (χ0n) is 12.0. The van der Waals surface area contributed by atoms with Crippen molar-refractivity contribution in [1.82, 2.24) is 15.5 Å². The van der Waals surface area contributed by atoms with Crippen LogP contribution in [0.5, 0.6) is 5.75 Å². The molecule has 0 saturated heterocycles. The summed E-state index contributed by atoms with van der Waals surface area (Å²) in [5, 5.41) is 6.94. The first-order valence-corrected chi connectivity index (χ1v) is 6.35. The number of ether oxygens (including phenoxy) is 1. The van der Waals surface area contributed by atoms with Gasteiger partial charge in [-0.2, -0.15) is 4.98 Å². The van der Waals surface area contributed by atoms with E-state index in [1.807, 2.05) is 33.0 Å². The van der Waals surface area contributed by atoms with E-state index >= 15 is 0 Å². The predicted octanol–water partition coefficient (Wildman–Crippen LogP) is 2.45. The zero-order valence-corrected chi connectivity index (χ0v) is 12.8. The molecule has 1 aromatic heterocycles. The largest absolute Gasteiger partial charge is 0.483 e. The van der Waals surface area contributed by atoms with Gasteiger partial charge in [0.15, 0.2) is 12.4 Å². The molecule has 0 aliphatic rings. The van der Waals surface area contributed by atoms with Crippen molar-refractivity contribution in [3.05, 3.63) is 41.0 Å². The molecule has 0 amide bonds. The Hall–Kier alpha value is -1.59. The van der Waals surface area contributed by atoms with Crippen molar-refractivity contribution < 1.29 is 9.26 Å². The third-order valence-electron chi connectivity index (χ3n) is 2.80. The van der Waals surface area contributed by atoms with E-state index in [-0.39, 0.29) is 12.4 Å². The van der Waals surface area contributed by atoms with E-state index in [0.717, 1.165) is 24.3 Å². The lowest BCUT2D eigenvalue weighted by molar-refractivity contribution is 0.241. The van der Waals surface area contributed by atoms with Gasteiger partial charge in [0.2, 0.25) is 0 Å². The molecule has 1 heterocycles. The van der Waals surface area contributed by atoms with Gasteiger partial charge in [0, 0.05) is 13.0 Å². The number of likely N-dealkylation sites (N-methyl/N-ethyl adjacent to an activating group) is 1. The molecule has 6 heteroatoms. The third kappa shape index (κ3) is 4.51. The van der Waals surface area contributed by atoms with Crippen molar-refractivity contribution in [2.24, 2.45) is 0 Å². The summed E-state index contributed by atoms with van der Waals surface area (Å²) in [5.74, 6) is 2.07. The molecule has 2 rings (SSSR count). The maximum Gasteiger partial charge on any atom is 0.264 e. The van der Waals surface area contributed by atoms with Gasteiger partial charge < -0.3 is 14.6 Å². The van der Waals surface area contributed by atoms with Gasteiger partial charge in [-0.05, 0) is 38.1 Å². The molecule has 2 aromatic rings. The van der Waals surface area contributed by atoms with Gasteiger partial charge in [0.05, 0.1) is 0 Å². The summed E-state index contributed by atoms with van der Waals surface area (Å²) < 4.78 is 10.8. The van der Waals surface area contributed by atoms with Crippen molar-refractivity contribution in [3.63, 3.8) is 0 Å². The summed E-state index contributed by atoms with van der Waals surface area (Å²) in [4.78, 5) is 4.27. The van der Waals surface area contributed by atoms with Crippen LogP contribution in [0.3, 0.4) is 0 Å². The number of halogens is 1. The van der Waals surface area contributed by atoms with Gasteiger partial charge in [-0.3, -0.25) is 0 Å². The summed E-state index contributed by atoms with van der Waals surface area (Å²) in [6.45, 7) is 5.18. The van der Waals surface area contributed by atoms with E-state index in [0.29, 0.717) is 18.3 Å². The third-order valence-corrected chi connectivity index (χ3v) is 2.80. The van der Waals surface area contributed by atoms with Gasteiger partial charge in [-0.15, -0.1) is 12.4 Å². The maximum atomic E-state index is 5.71. The Kier molecular flexibility index (Phi) is 6.48. The Morgan fingerprint density at radius 2 is 2.10 bits per heavy atom. The summed E-state index contributed by atoms with van der Waals surface area (Å²) in [6.07, 6.45) is 0.753. The second kappa shape index (κ2) is 7.87. The first-order chi connectivity index (χ1) is 9.19. The van der Waals surface area contributed by atoms with Gasteiger partial charge in [0.25, 0.3) is 5.89 Å². The summed E-state index contributed by atoms with van der Waals surface area (Å²) in [6, 6.07) is 6.11. The molecule has 20 heavy (non-hydrogen) atoms. The van der Waals surface area contributed by atoms with Crippen LogP contribution in [-0.4, -0.2) is 23.7 Å². The number of benzene rings is 1. The van der Waals surface area contributed by atoms with E-state index in [9.17, 15) is 0 Å². The lowest BCUT2D eigenvalue weighted by Crippen LogP contribution is -2.11. The highest BCUT2D eigenvalue weighted by atomic mass is 35.5.